The molecule has 0 aliphatic heterocycles. The maximum atomic E-state index is 6.86. The van der Waals surface area contributed by atoms with Gasteiger partial charge < -0.3 is 8.83 Å². The Morgan fingerprint density at radius 3 is 1.87 bits per heavy atom. The molecule has 0 spiro atoms. The Morgan fingerprint density at radius 1 is 0.410 bits per heavy atom. The molecular formula is C55H33N3O2S. The third-order valence-corrected chi connectivity index (χ3v) is 13.4. The Bertz CT molecular complexity index is 3780. The number of aryl methyl sites for hydroxylation is 1. The largest absolute Gasteiger partial charge is 0.460 e. The fraction of sp³-hybridized carbons (Fsp3) is 0.0364. The predicted octanol–water partition coefficient (Wildman–Crippen LogP) is 15.3. The van der Waals surface area contributed by atoms with Crippen LogP contribution in [0.4, 0.5) is 0 Å². The van der Waals surface area contributed by atoms with Crippen LogP contribution in [0.3, 0.4) is 0 Å². The minimum atomic E-state index is 0.630. The summed E-state index contributed by atoms with van der Waals surface area (Å²) in [5.41, 5.74) is 11.1. The highest BCUT2D eigenvalue weighted by Crippen LogP contribution is 2.46. The van der Waals surface area contributed by atoms with Crippen LogP contribution >= 0.6 is 11.3 Å². The summed E-state index contributed by atoms with van der Waals surface area (Å²) in [5, 5.41) is 7.84. The third kappa shape index (κ3) is 5.29. The number of hydrogen-bond donors (Lipinski definition) is 0. The van der Waals surface area contributed by atoms with Crippen molar-refractivity contribution in [3.05, 3.63) is 181 Å². The van der Waals surface area contributed by atoms with Crippen LogP contribution in [-0.4, -0.2) is 15.0 Å². The van der Waals surface area contributed by atoms with Crippen molar-refractivity contribution in [3.63, 3.8) is 0 Å². The van der Waals surface area contributed by atoms with Crippen molar-refractivity contribution in [1.29, 1.82) is 0 Å². The number of furan rings is 2. The van der Waals surface area contributed by atoms with E-state index in [1.54, 1.807) is 11.3 Å². The van der Waals surface area contributed by atoms with Crippen LogP contribution < -0.4 is 0 Å². The van der Waals surface area contributed by atoms with Crippen LogP contribution in [0.25, 0.3) is 126 Å². The van der Waals surface area contributed by atoms with E-state index in [-0.39, 0.29) is 0 Å². The van der Waals surface area contributed by atoms with Gasteiger partial charge in [-0.15, -0.1) is 11.3 Å². The Hall–Kier alpha value is -7.67. The smallest absolute Gasteiger partial charge is 0.164 e. The molecule has 0 N–H and O–H groups in total. The number of thiophene rings is 1. The van der Waals surface area contributed by atoms with E-state index in [0.29, 0.717) is 17.5 Å². The number of benzene rings is 8. The van der Waals surface area contributed by atoms with Crippen LogP contribution in [0, 0.1) is 0 Å². The van der Waals surface area contributed by atoms with Gasteiger partial charge in [-0.2, -0.15) is 0 Å². The lowest BCUT2D eigenvalue weighted by molar-refractivity contribution is 0.546. The Morgan fingerprint density at radius 2 is 1.02 bits per heavy atom. The normalized spacial score (nSPS) is 12.7. The van der Waals surface area contributed by atoms with Crippen molar-refractivity contribution in [1.82, 2.24) is 15.0 Å². The topological polar surface area (TPSA) is 65.0 Å². The van der Waals surface area contributed by atoms with E-state index in [2.05, 4.69) is 158 Å². The number of aromatic nitrogens is 3. The highest BCUT2D eigenvalue weighted by molar-refractivity contribution is 7.25. The molecule has 0 radical (unpaired) electrons. The van der Waals surface area contributed by atoms with Crippen molar-refractivity contribution in [3.8, 4) is 56.4 Å². The van der Waals surface area contributed by atoms with Crippen LogP contribution in [0.15, 0.2) is 179 Å². The van der Waals surface area contributed by atoms with E-state index >= 15 is 0 Å². The van der Waals surface area contributed by atoms with Gasteiger partial charge >= 0.3 is 0 Å². The fourth-order valence-corrected chi connectivity index (χ4v) is 10.7. The molecule has 1 aliphatic carbocycles. The van der Waals surface area contributed by atoms with Crippen LogP contribution in [0.1, 0.15) is 17.7 Å². The van der Waals surface area contributed by atoms with Crippen molar-refractivity contribution < 1.29 is 8.83 Å². The first-order valence-corrected chi connectivity index (χ1v) is 21.5. The maximum Gasteiger partial charge on any atom is 0.164 e. The summed E-state index contributed by atoms with van der Waals surface area (Å²) in [6.45, 7) is 0. The van der Waals surface area contributed by atoms with Gasteiger partial charge in [-0.3, -0.25) is 0 Å². The van der Waals surface area contributed by atoms with Crippen LogP contribution in [-0.2, 0) is 6.42 Å². The number of allylic oxidation sites excluding steroid dienone is 1. The highest BCUT2D eigenvalue weighted by atomic mass is 32.1. The minimum absolute atomic E-state index is 0.630. The lowest BCUT2D eigenvalue weighted by atomic mass is 9.91. The molecule has 13 rings (SSSR count). The predicted molar refractivity (Wildman–Crippen MR) is 252 cm³/mol. The summed E-state index contributed by atoms with van der Waals surface area (Å²) < 4.78 is 15.7. The molecule has 0 saturated heterocycles. The summed E-state index contributed by atoms with van der Waals surface area (Å²) in [7, 11) is 0. The van der Waals surface area contributed by atoms with Gasteiger partial charge in [-0.05, 0) is 64.2 Å². The molecule has 12 aromatic rings. The van der Waals surface area contributed by atoms with Crippen molar-refractivity contribution >= 4 is 81.3 Å². The molecule has 0 amide bonds. The molecule has 4 aromatic heterocycles. The van der Waals surface area contributed by atoms with E-state index < -0.39 is 0 Å². The van der Waals surface area contributed by atoms with Gasteiger partial charge in [-0.1, -0.05) is 146 Å². The van der Waals surface area contributed by atoms with Crippen LogP contribution in [0.5, 0.6) is 0 Å². The zero-order valence-electron chi connectivity index (χ0n) is 32.7. The molecule has 61 heavy (non-hydrogen) atoms. The number of rotatable bonds is 5. The van der Waals surface area contributed by atoms with Gasteiger partial charge in [0.1, 0.15) is 22.5 Å². The molecule has 0 atom stereocenters. The third-order valence-electron chi connectivity index (χ3n) is 12.2. The second kappa shape index (κ2) is 13.4. The second-order valence-corrected chi connectivity index (χ2v) is 16.8. The number of nitrogens with zero attached hydrogens (tertiary/aromatic N) is 3. The maximum absolute atomic E-state index is 6.86. The molecule has 286 valence electrons. The Balaban J connectivity index is 1.01. The van der Waals surface area contributed by atoms with Crippen molar-refractivity contribution in [2.24, 2.45) is 0 Å². The summed E-state index contributed by atoms with van der Waals surface area (Å²) in [6, 6.07) is 57.4. The first-order valence-electron chi connectivity index (χ1n) is 20.7. The van der Waals surface area contributed by atoms with E-state index in [4.69, 9.17) is 23.8 Å². The van der Waals surface area contributed by atoms with Gasteiger partial charge in [0.2, 0.25) is 0 Å². The Labute approximate surface area is 353 Å². The molecule has 5 nitrogen and oxygen atoms in total. The highest BCUT2D eigenvalue weighted by Gasteiger charge is 2.23. The van der Waals surface area contributed by atoms with Gasteiger partial charge in [0.25, 0.3) is 0 Å². The summed E-state index contributed by atoms with van der Waals surface area (Å²) >= 11 is 1.80. The molecule has 6 heteroatoms. The summed E-state index contributed by atoms with van der Waals surface area (Å²) in [6.07, 6.45) is 6.37. The van der Waals surface area contributed by atoms with Gasteiger partial charge in [0, 0.05) is 70.6 Å². The molecule has 0 unspecified atom stereocenters. The van der Waals surface area contributed by atoms with Gasteiger partial charge in [-0.25, -0.2) is 15.0 Å². The zero-order chi connectivity index (χ0) is 40.0. The summed E-state index contributed by atoms with van der Waals surface area (Å²) in [4.78, 5) is 15.7. The van der Waals surface area contributed by atoms with Crippen molar-refractivity contribution in [2.45, 2.75) is 12.8 Å². The molecule has 1 aliphatic rings. The molecule has 8 aromatic carbocycles. The average Bonchev–Trinajstić information content (AvgIpc) is 4.03. The summed E-state index contributed by atoms with van der Waals surface area (Å²) in [5.74, 6) is 2.97. The minimum Gasteiger partial charge on any atom is -0.460 e. The first kappa shape index (κ1) is 34.2. The number of para-hydroxylation sites is 1. The van der Waals surface area contributed by atoms with Gasteiger partial charge in [0.15, 0.2) is 17.5 Å². The van der Waals surface area contributed by atoms with Gasteiger partial charge in [0.05, 0.1) is 0 Å². The second-order valence-electron chi connectivity index (χ2n) is 15.7. The lowest BCUT2D eigenvalue weighted by Gasteiger charge is -2.14. The quantitative estimate of drug-likeness (QED) is 0.173. The first-order chi connectivity index (χ1) is 30.2. The number of hydrogen-bond acceptors (Lipinski definition) is 6. The molecule has 0 saturated carbocycles. The van der Waals surface area contributed by atoms with Crippen molar-refractivity contribution in [2.75, 3.05) is 0 Å². The monoisotopic (exact) mass is 799 g/mol. The molecular weight excluding hydrogens is 767 g/mol. The van der Waals surface area contributed by atoms with E-state index in [1.807, 2.05) is 18.2 Å². The average molecular weight is 800 g/mol. The van der Waals surface area contributed by atoms with E-state index in [1.165, 1.54) is 25.7 Å². The lowest BCUT2D eigenvalue weighted by Crippen LogP contribution is -2.01. The molecule has 4 heterocycles. The zero-order valence-corrected chi connectivity index (χ0v) is 33.5. The Kier molecular flexibility index (Phi) is 7.53. The standard InChI is InChI=1S/C55H33N3O2S/c1-2-14-32(15-3-1)53-56-54(58-55(57-53)43-24-13-29-48-51(43)41-19-7-9-28-47(41)61-48)39-31-30-35(33-16-4-5-17-34(33)39)36-20-11-27-46-50(36)42-23-10-22-38(52(42)60-46)37-21-12-26-45-49(37)40-18-6-8-25-44(40)59-45/h1-7,9-24,26-31H,8,25H2. The SMILES string of the molecule is C1=Cc2c(oc3cccc(-c4cccc5c4oc4cccc(-c6ccc(-c7nc(-c8ccccc8)nc(-c8cccc9sc%10ccccc%10c89)n7)c7ccccc67)c45)c23)CC1. The van der Waals surface area contributed by atoms with E-state index in [0.717, 1.165) is 101 Å². The number of fused-ring (bicyclic) bond motifs is 10. The molecule has 0 bridgehead atoms. The van der Waals surface area contributed by atoms with E-state index in [9.17, 15) is 0 Å². The fourth-order valence-electron chi connectivity index (χ4n) is 9.53. The van der Waals surface area contributed by atoms with Crippen LogP contribution in [0.2, 0.25) is 0 Å². The molecule has 0 fully saturated rings.